The van der Waals surface area contributed by atoms with E-state index < -0.39 is 17.8 Å². The van der Waals surface area contributed by atoms with Crippen LogP contribution in [0.5, 0.6) is 0 Å². The maximum Gasteiger partial charge on any atom is 0.307 e. The van der Waals surface area contributed by atoms with Crippen LogP contribution in [-0.2, 0) is 9.59 Å². The van der Waals surface area contributed by atoms with Crippen LogP contribution in [0.25, 0.3) is 0 Å². The molecular weight excluding hydrogens is 280 g/mol. The molecule has 0 radical (unpaired) electrons. The standard InChI is InChI=1S/C14H15ClN2O3/c1-8-11(6-7-12(15)16-8)17-13(18)9-4-2-3-5-10(9)14(19)20/h2-3,6-7,9-10H,4-5H2,1H3,(H,17,18)(H,19,20). The summed E-state index contributed by atoms with van der Waals surface area (Å²) in [6, 6.07) is 3.25. The monoisotopic (exact) mass is 294 g/mol. The zero-order chi connectivity index (χ0) is 14.7. The molecule has 2 unspecified atom stereocenters. The number of carbonyl (C=O) groups is 2. The summed E-state index contributed by atoms with van der Waals surface area (Å²) in [4.78, 5) is 27.5. The number of hydrogen-bond donors (Lipinski definition) is 2. The van der Waals surface area contributed by atoms with Crippen molar-refractivity contribution in [1.82, 2.24) is 4.98 Å². The van der Waals surface area contributed by atoms with Gasteiger partial charge in [0.05, 0.1) is 23.2 Å². The number of halogens is 1. The van der Waals surface area contributed by atoms with Crippen molar-refractivity contribution in [2.45, 2.75) is 19.8 Å². The average molecular weight is 295 g/mol. The molecule has 0 bridgehead atoms. The summed E-state index contributed by atoms with van der Waals surface area (Å²) >= 11 is 5.76. The van der Waals surface area contributed by atoms with E-state index in [1.165, 1.54) is 0 Å². The molecule has 1 amide bonds. The first-order chi connectivity index (χ1) is 9.49. The molecule has 1 heterocycles. The van der Waals surface area contributed by atoms with E-state index in [2.05, 4.69) is 10.3 Å². The van der Waals surface area contributed by atoms with Crippen LogP contribution in [0.4, 0.5) is 5.69 Å². The second kappa shape index (κ2) is 6.05. The van der Waals surface area contributed by atoms with Crippen LogP contribution in [0.1, 0.15) is 18.5 Å². The summed E-state index contributed by atoms with van der Waals surface area (Å²) < 4.78 is 0. The van der Waals surface area contributed by atoms with Gasteiger partial charge in [-0.1, -0.05) is 23.8 Å². The van der Waals surface area contributed by atoms with Crippen LogP contribution >= 0.6 is 11.6 Å². The van der Waals surface area contributed by atoms with Crippen molar-refractivity contribution in [3.05, 3.63) is 35.1 Å². The summed E-state index contributed by atoms with van der Waals surface area (Å²) in [7, 11) is 0. The second-order valence-corrected chi connectivity index (χ2v) is 5.14. The molecule has 20 heavy (non-hydrogen) atoms. The number of allylic oxidation sites excluding steroid dienone is 2. The highest BCUT2D eigenvalue weighted by molar-refractivity contribution is 6.29. The number of pyridine rings is 1. The first-order valence-electron chi connectivity index (χ1n) is 6.31. The number of aryl methyl sites for hydroxylation is 1. The predicted octanol–water partition coefficient (Wildman–Crippen LogP) is 2.65. The van der Waals surface area contributed by atoms with E-state index in [9.17, 15) is 14.7 Å². The summed E-state index contributed by atoms with van der Waals surface area (Å²) in [5, 5.41) is 12.3. The van der Waals surface area contributed by atoms with Crippen LogP contribution in [0.2, 0.25) is 5.15 Å². The Balaban J connectivity index is 2.14. The minimum absolute atomic E-state index is 0.297. The van der Waals surface area contributed by atoms with E-state index in [4.69, 9.17) is 11.6 Å². The Morgan fingerprint density at radius 3 is 2.55 bits per heavy atom. The van der Waals surface area contributed by atoms with Gasteiger partial charge >= 0.3 is 5.97 Å². The van der Waals surface area contributed by atoms with Crippen LogP contribution in [-0.4, -0.2) is 22.0 Å². The number of aliphatic carboxylic acids is 1. The molecule has 106 valence electrons. The molecule has 0 aromatic carbocycles. The van der Waals surface area contributed by atoms with Gasteiger partial charge in [0.1, 0.15) is 5.15 Å². The third kappa shape index (κ3) is 3.17. The number of nitrogens with zero attached hydrogens (tertiary/aromatic N) is 1. The predicted molar refractivity (Wildman–Crippen MR) is 75.6 cm³/mol. The molecule has 0 aliphatic heterocycles. The van der Waals surface area contributed by atoms with Crippen molar-refractivity contribution >= 4 is 29.2 Å². The highest BCUT2D eigenvalue weighted by Crippen LogP contribution is 2.27. The summed E-state index contributed by atoms with van der Waals surface area (Å²) in [6.07, 6.45) is 4.46. The Labute approximate surface area is 121 Å². The molecule has 0 saturated carbocycles. The molecule has 2 N–H and O–H groups in total. The number of nitrogens with one attached hydrogen (secondary N) is 1. The quantitative estimate of drug-likeness (QED) is 0.663. The molecule has 0 saturated heterocycles. The van der Waals surface area contributed by atoms with Gasteiger partial charge in [-0.05, 0) is 31.9 Å². The normalized spacial score (nSPS) is 21.5. The highest BCUT2D eigenvalue weighted by Gasteiger charge is 2.34. The first-order valence-corrected chi connectivity index (χ1v) is 6.68. The Morgan fingerprint density at radius 1 is 1.30 bits per heavy atom. The molecule has 0 fully saturated rings. The van der Waals surface area contributed by atoms with E-state index in [0.717, 1.165) is 0 Å². The molecule has 1 aliphatic carbocycles. The van der Waals surface area contributed by atoms with Crippen molar-refractivity contribution in [1.29, 1.82) is 0 Å². The zero-order valence-electron chi connectivity index (χ0n) is 11.0. The number of anilines is 1. The van der Waals surface area contributed by atoms with Gasteiger partial charge in [-0.25, -0.2) is 4.98 Å². The van der Waals surface area contributed by atoms with Crippen molar-refractivity contribution in [2.75, 3.05) is 5.32 Å². The smallest absolute Gasteiger partial charge is 0.307 e. The Kier molecular flexibility index (Phi) is 4.39. The molecule has 5 nitrogen and oxygen atoms in total. The van der Waals surface area contributed by atoms with Gasteiger partial charge < -0.3 is 10.4 Å². The molecule has 1 aliphatic rings. The first kappa shape index (κ1) is 14.5. The fourth-order valence-corrected chi connectivity index (χ4v) is 2.45. The van der Waals surface area contributed by atoms with Crippen LogP contribution < -0.4 is 5.32 Å². The lowest BCUT2D eigenvalue weighted by Gasteiger charge is -2.24. The topological polar surface area (TPSA) is 79.3 Å². The summed E-state index contributed by atoms with van der Waals surface area (Å²) in [6.45, 7) is 1.73. The van der Waals surface area contributed by atoms with Crippen LogP contribution in [0, 0.1) is 18.8 Å². The molecule has 6 heteroatoms. The summed E-state index contributed by atoms with van der Waals surface area (Å²) in [5.74, 6) is -2.48. The lowest BCUT2D eigenvalue weighted by Crippen LogP contribution is -2.34. The lowest BCUT2D eigenvalue weighted by atomic mass is 9.82. The molecule has 2 atom stereocenters. The molecular formula is C14H15ClN2O3. The fourth-order valence-electron chi connectivity index (χ4n) is 2.26. The van der Waals surface area contributed by atoms with Gasteiger partial charge in [0.15, 0.2) is 0 Å². The number of amides is 1. The van der Waals surface area contributed by atoms with Gasteiger partial charge in [0, 0.05) is 0 Å². The van der Waals surface area contributed by atoms with Crippen LogP contribution in [0.3, 0.4) is 0 Å². The van der Waals surface area contributed by atoms with Gasteiger partial charge in [-0.15, -0.1) is 0 Å². The van der Waals surface area contributed by atoms with Gasteiger partial charge in [-0.2, -0.15) is 0 Å². The molecule has 2 rings (SSSR count). The van der Waals surface area contributed by atoms with E-state index in [0.29, 0.717) is 29.4 Å². The fraction of sp³-hybridized carbons (Fsp3) is 0.357. The number of carboxylic acid groups (broad SMARTS) is 1. The van der Waals surface area contributed by atoms with Gasteiger partial charge in [0.25, 0.3) is 0 Å². The average Bonchev–Trinajstić information content (AvgIpc) is 2.41. The number of carboxylic acids is 1. The molecule has 1 aromatic heterocycles. The van der Waals surface area contributed by atoms with Gasteiger partial charge in [0.2, 0.25) is 5.91 Å². The number of hydrogen-bond acceptors (Lipinski definition) is 3. The van der Waals surface area contributed by atoms with E-state index >= 15 is 0 Å². The Bertz CT molecular complexity index is 572. The van der Waals surface area contributed by atoms with Crippen molar-refractivity contribution in [2.24, 2.45) is 11.8 Å². The third-order valence-corrected chi connectivity index (χ3v) is 3.61. The molecule has 0 spiro atoms. The maximum absolute atomic E-state index is 12.3. The number of rotatable bonds is 3. The van der Waals surface area contributed by atoms with Gasteiger partial charge in [-0.3, -0.25) is 9.59 Å². The van der Waals surface area contributed by atoms with E-state index in [1.807, 2.05) is 6.08 Å². The number of carbonyl (C=O) groups excluding carboxylic acids is 1. The van der Waals surface area contributed by atoms with Crippen molar-refractivity contribution < 1.29 is 14.7 Å². The summed E-state index contributed by atoms with van der Waals surface area (Å²) in [5.41, 5.74) is 1.15. The third-order valence-electron chi connectivity index (χ3n) is 3.40. The Morgan fingerprint density at radius 2 is 1.95 bits per heavy atom. The molecule has 1 aromatic rings. The van der Waals surface area contributed by atoms with Crippen molar-refractivity contribution in [3.63, 3.8) is 0 Å². The number of aromatic nitrogens is 1. The largest absolute Gasteiger partial charge is 0.481 e. The van der Waals surface area contributed by atoms with Crippen LogP contribution in [0.15, 0.2) is 24.3 Å². The Hall–Kier alpha value is -1.88. The maximum atomic E-state index is 12.3. The minimum atomic E-state index is -0.944. The van der Waals surface area contributed by atoms with E-state index in [1.54, 1.807) is 25.1 Å². The second-order valence-electron chi connectivity index (χ2n) is 4.75. The highest BCUT2D eigenvalue weighted by atomic mass is 35.5. The van der Waals surface area contributed by atoms with Crippen molar-refractivity contribution in [3.8, 4) is 0 Å². The van der Waals surface area contributed by atoms with E-state index in [-0.39, 0.29) is 5.91 Å². The minimum Gasteiger partial charge on any atom is -0.481 e. The SMILES string of the molecule is Cc1nc(Cl)ccc1NC(=O)C1CC=CCC1C(=O)O. The zero-order valence-corrected chi connectivity index (χ0v) is 11.7. The lowest BCUT2D eigenvalue weighted by molar-refractivity contribution is -0.146.